The average molecular weight is 636 g/mol. The maximum Gasteiger partial charge on any atom is 0.408 e. The Labute approximate surface area is 270 Å². The zero-order valence-electron chi connectivity index (χ0n) is 26.0. The van der Waals surface area contributed by atoms with Crippen LogP contribution in [0.1, 0.15) is 41.0 Å². The summed E-state index contributed by atoms with van der Waals surface area (Å²) >= 11 is 0. The first-order chi connectivity index (χ1) is 22.7. The molecule has 1 aliphatic heterocycles. The molecular weight excluding hydrogens is 601 g/mol. The summed E-state index contributed by atoms with van der Waals surface area (Å²) in [7, 11) is 0. The molecule has 1 unspecified atom stereocenters. The number of fused-ring (bicyclic) bond motifs is 2. The molecule has 1 aliphatic carbocycles. The number of ether oxygens (including phenoxy) is 2. The Morgan fingerprint density at radius 2 is 1.72 bits per heavy atom. The van der Waals surface area contributed by atoms with Gasteiger partial charge in [-0.15, -0.1) is 0 Å². The van der Waals surface area contributed by atoms with Crippen molar-refractivity contribution in [2.45, 2.75) is 38.7 Å². The van der Waals surface area contributed by atoms with Crippen molar-refractivity contribution in [3.8, 4) is 17.1 Å². The summed E-state index contributed by atoms with van der Waals surface area (Å²) < 4.78 is 27.4. The number of rotatable bonds is 9. The van der Waals surface area contributed by atoms with Crippen molar-refractivity contribution in [1.82, 2.24) is 24.6 Å². The number of aromatic nitrogens is 3. The van der Waals surface area contributed by atoms with Gasteiger partial charge in [0.25, 0.3) is 5.91 Å². The molecule has 3 aromatic heterocycles. The van der Waals surface area contributed by atoms with Crippen LogP contribution in [0.3, 0.4) is 0 Å². The van der Waals surface area contributed by atoms with Crippen molar-refractivity contribution in [3.05, 3.63) is 119 Å². The maximum atomic E-state index is 13.7. The highest BCUT2D eigenvalue weighted by Crippen LogP contribution is 2.48. The molecule has 0 radical (unpaired) electrons. The molecule has 3 atom stereocenters. The fourth-order valence-electron chi connectivity index (χ4n) is 6.16. The molecule has 1 saturated carbocycles. The summed E-state index contributed by atoms with van der Waals surface area (Å²) in [5, 5.41) is 12.3. The number of imidazole rings is 1. The number of benzene rings is 2. The number of piperidine rings is 1. The summed E-state index contributed by atoms with van der Waals surface area (Å²) in [6.07, 6.45) is 2.77. The highest BCUT2D eigenvalue weighted by atomic mass is 19.1. The number of nitrogens with zero attached hydrogens (tertiary/aromatic N) is 4. The van der Waals surface area contributed by atoms with Crippen molar-refractivity contribution in [2.24, 2.45) is 11.8 Å². The number of carbonyl (C=O) groups is 2. The molecule has 2 amide bonds. The second kappa shape index (κ2) is 12.1. The second-order valence-electron chi connectivity index (χ2n) is 12.6. The highest BCUT2D eigenvalue weighted by molar-refractivity contribution is 5.94. The lowest BCUT2D eigenvalue weighted by Crippen LogP contribution is -2.41. The fourth-order valence-corrected chi connectivity index (χ4v) is 6.16. The minimum absolute atomic E-state index is 0.0669. The van der Waals surface area contributed by atoms with E-state index in [9.17, 15) is 19.1 Å². The van der Waals surface area contributed by atoms with E-state index in [2.05, 4.69) is 10.3 Å². The van der Waals surface area contributed by atoms with Crippen LogP contribution in [0.4, 0.5) is 9.18 Å². The summed E-state index contributed by atoms with van der Waals surface area (Å²) in [5.41, 5.74) is 3.79. The lowest BCUT2D eigenvalue weighted by atomic mass is 9.93. The van der Waals surface area contributed by atoms with Gasteiger partial charge in [0.15, 0.2) is 0 Å². The molecule has 240 valence electrons. The van der Waals surface area contributed by atoms with Crippen LogP contribution in [0.2, 0.25) is 0 Å². The van der Waals surface area contributed by atoms with Crippen molar-refractivity contribution in [2.75, 3.05) is 13.1 Å². The first kappa shape index (κ1) is 30.4. The Balaban J connectivity index is 1.05. The number of hydrogen-bond donors (Lipinski definition) is 2. The number of nitrogens with one attached hydrogen (secondary N) is 1. The first-order valence-corrected chi connectivity index (χ1v) is 15.5. The standard InChI is InChI=1S/C36H34FN5O5/c1-36(2,40-35(45)46-21-22-6-4-3-5-7-22)25-14-30(23-8-11-26(37)12-9-23)39-32(15-25)47-33-28-18-42(19-29(28)33)34(44)24-10-13-31-38-27(20-43)17-41(31)16-24/h3-17,28-29,33,43H,18-21H2,1-2H3,(H,40,45)/t28-,29+,33?. The number of aliphatic hydroxyl groups is 1. The van der Waals surface area contributed by atoms with E-state index in [1.807, 2.05) is 61.2 Å². The van der Waals surface area contributed by atoms with Crippen LogP contribution in [0.25, 0.3) is 16.9 Å². The molecule has 47 heavy (non-hydrogen) atoms. The molecule has 2 N–H and O–H groups in total. The van der Waals surface area contributed by atoms with Gasteiger partial charge < -0.3 is 29.2 Å². The normalized spacial score (nSPS) is 18.6. The van der Waals surface area contributed by atoms with Gasteiger partial charge in [-0.2, -0.15) is 0 Å². The predicted octanol–water partition coefficient (Wildman–Crippen LogP) is 5.34. The zero-order chi connectivity index (χ0) is 32.7. The first-order valence-electron chi connectivity index (χ1n) is 15.5. The van der Waals surface area contributed by atoms with E-state index in [0.717, 1.165) is 11.1 Å². The summed E-state index contributed by atoms with van der Waals surface area (Å²) in [5.74, 6) is 0.292. The van der Waals surface area contributed by atoms with E-state index < -0.39 is 11.6 Å². The topological polar surface area (TPSA) is 118 Å². The quantitative estimate of drug-likeness (QED) is 0.225. The van der Waals surface area contributed by atoms with E-state index in [0.29, 0.717) is 47.1 Å². The van der Waals surface area contributed by atoms with E-state index in [1.54, 1.807) is 41.1 Å². The van der Waals surface area contributed by atoms with Gasteiger partial charge in [-0.1, -0.05) is 30.3 Å². The van der Waals surface area contributed by atoms with Crippen LogP contribution in [0.15, 0.2) is 91.3 Å². The van der Waals surface area contributed by atoms with Gasteiger partial charge in [-0.3, -0.25) is 4.79 Å². The number of halogens is 1. The Morgan fingerprint density at radius 3 is 2.45 bits per heavy atom. The third kappa shape index (κ3) is 6.39. The van der Waals surface area contributed by atoms with Crippen molar-refractivity contribution >= 4 is 17.6 Å². The molecular formula is C36H34FN5O5. The van der Waals surface area contributed by atoms with Crippen LogP contribution in [0, 0.1) is 17.7 Å². The number of likely N-dealkylation sites (tertiary alicyclic amines) is 1. The number of alkyl carbamates (subject to hydrolysis) is 1. The molecule has 0 bridgehead atoms. The van der Waals surface area contributed by atoms with Crippen molar-refractivity contribution in [1.29, 1.82) is 0 Å². The van der Waals surface area contributed by atoms with Crippen molar-refractivity contribution in [3.63, 3.8) is 0 Å². The van der Waals surface area contributed by atoms with Gasteiger partial charge in [0, 0.05) is 48.9 Å². The molecule has 0 spiro atoms. The summed E-state index contributed by atoms with van der Waals surface area (Å²) in [6.45, 7) is 4.82. The third-order valence-electron chi connectivity index (χ3n) is 8.86. The Morgan fingerprint density at radius 1 is 0.979 bits per heavy atom. The SMILES string of the molecule is CC(C)(NC(=O)OCc1ccccc1)c1cc(OC2[C@H]3CN(C(=O)c4ccc5nc(CO)cn5c4)C[C@@H]23)nc(-c2ccc(F)cc2)c1. The molecule has 4 heterocycles. The molecule has 7 rings (SSSR count). The number of hydrogen-bond acceptors (Lipinski definition) is 7. The van der Waals surface area contributed by atoms with Crippen LogP contribution in [-0.4, -0.2) is 55.6 Å². The van der Waals surface area contributed by atoms with Crippen molar-refractivity contribution < 1.29 is 28.6 Å². The summed E-state index contributed by atoms with van der Waals surface area (Å²) in [6, 6.07) is 22.7. The van der Waals surface area contributed by atoms with E-state index in [1.165, 1.54) is 12.1 Å². The van der Waals surface area contributed by atoms with Gasteiger partial charge in [0.1, 0.15) is 24.2 Å². The Kier molecular flexibility index (Phi) is 7.85. The van der Waals surface area contributed by atoms with E-state index in [4.69, 9.17) is 14.5 Å². The largest absolute Gasteiger partial charge is 0.474 e. The lowest BCUT2D eigenvalue weighted by Gasteiger charge is -2.27. The third-order valence-corrected chi connectivity index (χ3v) is 8.86. The van der Waals surface area contributed by atoms with Gasteiger partial charge >= 0.3 is 6.09 Å². The van der Waals surface area contributed by atoms with Gasteiger partial charge in [0.2, 0.25) is 5.88 Å². The number of aliphatic hydroxyl groups excluding tert-OH is 1. The molecule has 2 aromatic carbocycles. The summed E-state index contributed by atoms with van der Waals surface area (Å²) in [4.78, 5) is 37.0. The molecule has 11 heteroatoms. The monoisotopic (exact) mass is 635 g/mol. The zero-order valence-corrected chi connectivity index (χ0v) is 26.0. The van der Waals surface area contributed by atoms with Crippen LogP contribution in [-0.2, 0) is 23.5 Å². The van der Waals surface area contributed by atoms with E-state index >= 15 is 0 Å². The van der Waals surface area contributed by atoms with E-state index in [-0.39, 0.29) is 42.9 Å². The number of carbonyl (C=O) groups excluding carboxylic acids is 2. The van der Waals surface area contributed by atoms with Crippen LogP contribution >= 0.6 is 0 Å². The predicted molar refractivity (Wildman–Crippen MR) is 171 cm³/mol. The number of pyridine rings is 2. The van der Waals surface area contributed by atoms with Crippen LogP contribution in [0.5, 0.6) is 5.88 Å². The van der Waals surface area contributed by atoms with Crippen LogP contribution < -0.4 is 10.1 Å². The van der Waals surface area contributed by atoms with Gasteiger partial charge in [-0.25, -0.2) is 19.2 Å². The Bertz CT molecular complexity index is 1930. The minimum Gasteiger partial charge on any atom is -0.474 e. The smallest absolute Gasteiger partial charge is 0.408 e. The molecule has 1 saturated heterocycles. The maximum absolute atomic E-state index is 13.7. The molecule has 2 fully saturated rings. The average Bonchev–Trinajstić information content (AvgIpc) is 3.38. The lowest BCUT2D eigenvalue weighted by molar-refractivity contribution is 0.0750. The fraction of sp³-hybridized carbons (Fsp3) is 0.278. The molecule has 5 aromatic rings. The van der Waals surface area contributed by atoms with Gasteiger partial charge in [-0.05, 0) is 67.4 Å². The van der Waals surface area contributed by atoms with Gasteiger partial charge in [0.05, 0.1) is 29.1 Å². The second-order valence-corrected chi connectivity index (χ2v) is 12.6. The Hall–Kier alpha value is -5.29. The highest BCUT2D eigenvalue weighted by Gasteiger charge is 2.59. The minimum atomic E-state index is -0.861. The molecule has 10 nitrogen and oxygen atoms in total. The number of amides is 2. The molecule has 2 aliphatic rings.